The molecule has 124 valence electrons. The van der Waals surface area contributed by atoms with Gasteiger partial charge in [0.2, 0.25) is 0 Å². The third kappa shape index (κ3) is 4.79. The van der Waals surface area contributed by atoms with Crippen LogP contribution in [-0.2, 0) is 9.53 Å². The summed E-state index contributed by atoms with van der Waals surface area (Å²) in [6.45, 7) is -0.637. The Morgan fingerprint density at radius 3 is 2.42 bits per heavy atom. The molecule has 0 bridgehead atoms. The van der Waals surface area contributed by atoms with Crippen LogP contribution in [0.5, 0.6) is 0 Å². The van der Waals surface area contributed by atoms with Crippen molar-refractivity contribution >= 4 is 29.4 Å². The first-order chi connectivity index (χ1) is 11.5. The number of nitrogens with one attached hydrogen (secondary N) is 2. The molecule has 0 fully saturated rings. The summed E-state index contributed by atoms with van der Waals surface area (Å²) < 4.78 is 17.6. The molecule has 2 N–H and O–H groups in total. The molecule has 2 rings (SSSR count). The Hall–Kier alpha value is -2.93. The highest BCUT2D eigenvalue weighted by molar-refractivity contribution is 6.33. The molecule has 0 saturated heterocycles. The molecule has 0 atom stereocenters. The molecule has 0 heterocycles. The van der Waals surface area contributed by atoms with Crippen LogP contribution in [0.1, 0.15) is 20.7 Å². The molecule has 0 spiro atoms. The van der Waals surface area contributed by atoms with E-state index in [1.807, 2.05) is 0 Å². The van der Waals surface area contributed by atoms with Gasteiger partial charge in [-0.3, -0.25) is 20.4 Å². The van der Waals surface area contributed by atoms with E-state index in [0.717, 1.165) is 18.2 Å². The van der Waals surface area contributed by atoms with Gasteiger partial charge in [-0.15, -0.1) is 0 Å². The standard InChI is InChI=1S/C16H12ClFN2O4/c17-13-8-11(18)6-7-12(13)16(23)24-9-14(21)19-20-15(22)10-4-2-1-3-5-10/h1-8H,9H2,(H,19,21)(H,20,22). The van der Waals surface area contributed by atoms with Crippen LogP contribution in [0.15, 0.2) is 48.5 Å². The minimum Gasteiger partial charge on any atom is -0.452 e. The van der Waals surface area contributed by atoms with Crippen molar-refractivity contribution in [2.75, 3.05) is 6.61 Å². The van der Waals surface area contributed by atoms with Gasteiger partial charge < -0.3 is 4.74 Å². The molecule has 6 nitrogen and oxygen atoms in total. The van der Waals surface area contributed by atoms with Gasteiger partial charge in [0.25, 0.3) is 11.8 Å². The summed E-state index contributed by atoms with van der Waals surface area (Å²) in [5.74, 6) is -2.75. The van der Waals surface area contributed by atoms with Crippen molar-refractivity contribution in [3.05, 3.63) is 70.5 Å². The van der Waals surface area contributed by atoms with Gasteiger partial charge in [0, 0.05) is 5.56 Å². The van der Waals surface area contributed by atoms with E-state index in [9.17, 15) is 18.8 Å². The third-order valence-electron chi connectivity index (χ3n) is 2.84. The van der Waals surface area contributed by atoms with E-state index < -0.39 is 30.2 Å². The second-order valence-electron chi connectivity index (χ2n) is 4.57. The molecule has 0 unspecified atom stereocenters. The second kappa shape index (κ2) is 8.07. The van der Waals surface area contributed by atoms with Gasteiger partial charge in [-0.2, -0.15) is 0 Å². The van der Waals surface area contributed by atoms with E-state index in [1.165, 1.54) is 0 Å². The molecule has 0 radical (unpaired) electrons. The Bertz CT molecular complexity index is 768. The van der Waals surface area contributed by atoms with Gasteiger partial charge in [-0.25, -0.2) is 9.18 Å². The fourth-order valence-corrected chi connectivity index (χ4v) is 1.93. The van der Waals surface area contributed by atoms with E-state index in [4.69, 9.17) is 16.3 Å². The van der Waals surface area contributed by atoms with Gasteiger partial charge >= 0.3 is 5.97 Å². The summed E-state index contributed by atoms with van der Waals surface area (Å²) in [6, 6.07) is 11.4. The lowest BCUT2D eigenvalue weighted by Gasteiger charge is -2.08. The highest BCUT2D eigenvalue weighted by Crippen LogP contribution is 2.17. The van der Waals surface area contributed by atoms with E-state index >= 15 is 0 Å². The number of hydrogen-bond acceptors (Lipinski definition) is 4. The molecule has 0 aliphatic carbocycles. The summed E-state index contributed by atoms with van der Waals surface area (Å²) >= 11 is 5.71. The highest BCUT2D eigenvalue weighted by atomic mass is 35.5. The SMILES string of the molecule is O=C(COC(=O)c1ccc(F)cc1Cl)NNC(=O)c1ccccc1. The van der Waals surface area contributed by atoms with Crippen molar-refractivity contribution in [1.29, 1.82) is 0 Å². The zero-order valence-electron chi connectivity index (χ0n) is 12.2. The Balaban J connectivity index is 1.80. The van der Waals surface area contributed by atoms with Crippen LogP contribution >= 0.6 is 11.6 Å². The second-order valence-corrected chi connectivity index (χ2v) is 4.98. The molecule has 0 aromatic heterocycles. The summed E-state index contributed by atoms with van der Waals surface area (Å²) in [4.78, 5) is 35.0. The Kier molecular flexibility index (Phi) is 5.86. The number of hydrogen-bond donors (Lipinski definition) is 2. The predicted molar refractivity (Wildman–Crippen MR) is 83.7 cm³/mol. The topological polar surface area (TPSA) is 84.5 Å². The molecule has 2 amide bonds. The zero-order chi connectivity index (χ0) is 17.5. The molecule has 0 aliphatic heterocycles. The summed E-state index contributed by atoms with van der Waals surface area (Å²) in [5.41, 5.74) is 4.56. The monoisotopic (exact) mass is 350 g/mol. The first kappa shape index (κ1) is 17.4. The lowest BCUT2D eigenvalue weighted by molar-refractivity contribution is -0.125. The van der Waals surface area contributed by atoms with Crippen LogP contribution in [0, 0.1) is 5.82 Å². The smallest absolute Gasteiger partial charge is 0.340 e. The fraction of sp³-hybridized carbons (Fsp3) is 0.0625. The first-order valence-corrected chi connectivity index (χ1v) is 7.11. The molecule has 2 aromatic rings. The normalized spacial score (nSPS) is 9.92. The van der Waals surface area contributed by atoms with Gasteiger partial charge in [-0.1, -0.05) is 29.8 Å². The molecular formula is C16H12ClFN2O4. The van der Waals surface area contributed by atoms with Crippen molar-refractivity contribution < 1.29 is 23.5 Å². The number of carbonyl (C=O) groups excluding carboxylic acids is 3. The van der Waals surface area contributed by atoms with Gasteiger partial charge in [0.1, 0.15) is 5.82 Å². The largest absolute Gasteiger partial charge is 0.452 e. The number of halogens is 2. The average molecular weight is 351 g/mol. The zero-order valence-corrected chi connectivity index (χ0v) is 13.0. The lowest BCUT2D eigenvalue weighted by Crippen LogP contribution is -2.43. The minimum atomic E-state index is -0.885. The Labute approximate surface area is 141 Å². The van der Waals surface area contributed by atoms with E-state index in [1.54, 1.807) is 30.3 Å². The number of rotatable bonds is 4. The van der Waals surface area contributed by atoms with Crippen LogP contribution < -0.4 is 10.9 Å². The van der Waals surface area contributed by atoms with Crippen LogP contribution in [-0.4, -0.2) is 24.4 Å². The molecule has 0 aliphatic rings. The van der Waals surface area contributed by atoms with Gasteiger partial charge in [0.05, 0.1) is 10.6 Å². The number of esters is 1. The average Bonchev–Trinajstić information content (AvgIpc) is 2.58. The van der Waals surface area contributed by atoms with Gasteiger partial charge in [-0.05, 0) is 30.3 Å². The van der Waals surface area contributed by atoms with E-state index in [-0.39, 0.29) is 10.6 Å². The number of amides is 2. The maximum atomic E-state index is 12.9. The number of hydrazine groups is 1. The Morgan fingerprint density at radius 1 is 1.04 bits per heavy atom. The minimum absolute atomic E-state index is 0.0702. The van der Waals surface area contributed by atoms with Crippen LogP contribution in [0.4, 0.5) is 4.39 Å². The van der Waals surface area contributed by atoms with Crippen LogP contribution in [0.3, 0.4) is 0 Å². The van der Waals surface area contributed by atoms with Crippen molar-refractivity contribution in [1.82, 2.24) is 10.9 Å². The van der Waals surface area contributed by atoms with E-state index in [0.29, 0.717) is 5.56 Å². The number of ether oxygens (including phenoxy) is 1. The van der Waals surface area contributed by atoms with Crippen LogP contribution in [0.25, 0.3) is 0 Å². The van der Waals surface area contributed by atoms with Crippen molar-refractivity contribution in [3.63, 3.8) is 0 Å². The fourth-order valence-electron chi connectivity index (χ4n) is 1.69. The summed E-state index contributed by atoms with van der Waals surface area (Å²) in [5, 5.41) is -0.127. The summed E-state index contributed by atoms with van der Waals surface area (Å²) in [7, 11) is 0. The van der Waals surface area contributed by atoms with Gasteiger partial charge in [0.15, 0.2) is 6.61 Å². The maximum absolute atomic E-state index is 12.9. The van der Waals surface area contributed by atoms with Crippen molar-refractivity contribution in [3.8, 4) is 0 Å². The highest BCUT2D eigenvalue weighted by Gasteiger charge is 2.14. The van der Waals surface area contributed by atoms with Crippen molar-refractivity contribution in [2.45, 2.75) is 0 Å². The first-order valence-electron chi connectivity index (χ1n) is 6.74. The Morgan fingerprint density at radius 2 is 1.75 bits per heavy atom. The lowest BCUT2D eigenvalue weighted by atomic mass is 10.2. The molecular weight excluding hydrogens is 339 g/mol. The number of carbonyl (C=O) groups is 3. The summed E-state index contributed by atoms with van der Waals surface area (Å²) in [6.07, 6.45) is 0. The molecule has 8 heteroatoms. The molecule has 0 saturated carbocycles. The third-order valence-corrected chi connectivity index (χ3v) is 3.15. The number of benzene rings is 2. The molecule has 24 heavy (non-hydrogen) atoms. The molecule has 2 aromatic carbocycles. The maximum Gasteiger partial charge on any atom is 0.340 e. The predicted octanol–water partition coefficient (Wildman–Crippen LogP) is 2.10. The van der Waals surface area contributed by atoms with E-state index in [2.05, 4.69) is 10.9 Å². The van der Waals surface area contributed by atoms with Crippen molar-refractivity contribution in [2.24, 2.45) is 0 Å². The van der Waals surface area contributed by atoms with Crippen LogP contribution in [0.2, 0.25) is 5.02 Å². The quantitative estimate of drug-likeness (QED) is 0.653.